The Bertz CT molecular complexity index is 698. The number of aryl methyl sites for hydroxylation is 1. The first-order valence-corrected chi connectivity index (χ1v) is 7.62. The van der Waals surface area contributed by atoms with E-state index in [4.69, 9.17) is 0 Å². The lowest BCUT2D eigenvalue weighted by Crippen LogP contribution is -2.31. The van der Waals surface area contributed by atoms with E-state index in [1.54, 1.807) is 0 Å². The Morgan fingerprint density at radius 3 is 3.10 bits per heavy atom. The van der Waals surface area contributed by atoms with Gasteiger partial charge in [-0.25, -0.2) is 4.39 Å². The van der Waals surface area contributed by atoms with Crippen LogP contribution in [0.5, 0.6) is 0 Å². The SMILES string of the molecule is Cn1ncc2c1CCCC2NC(=O)c1ccc(F)c(Br)c1. The molecule has 1 aromatic heterocycles. The van der Waals surface area contributed by atoms with Crippen molar-refractivity contribution >= 4 is 21.8 Å². The summed E-state index contributed by atoms with van der Waals surface area (Å²) in [6.07, 6.45) is 4.72. The van der Waals surface area contributed by atoms with Crippen molar-refractivity contribution in [2.24, 2.45) is 7.05 Å². The zero-order valence-electron chi connectivity index (χ0n) is 11.6. The predicted octanol–water partition coefficient (Wildman–Crippen LogP) is 3.13. The number of aromatic nitrogens is 2. The Morgan fingerprint density at radius 2 is 2.33 bits per heavy atom. The maximum absolute atomic E-state index is 13.2. The van der Waals surface area contributed by atoms with Crippen molar-refractivity contribution in [3.8, 4) is 0 Å². The molecule has 3 rings (SSSR count). The second-order valence-electron chi connectivity index (χ2n) is 5.22. The van der Waals surface area contributed by atoms with Crippen LogP contribution >= 0.6 is 15.9 Å². The molecule has 0 radical (unpaired) electrons. The van der Waals surface area contributed by atoms with Crippen LogP contribution in [0, 0.1) is 5.82 Å². The third kappa shape index (κ3) is 2.72. The van der Waals surface area contributed by atoms with E-state index in [-0.39, 0.29) is 17.8 Å². The number of nitrogens with one attached hydrogen (secondary N) is 1. The van der Waals surface area contributed by atoms with Gasteiger partial charge < -0.3 is 5.32 Å². The highest BCUT2D eigenvalue weighted by Gasteiger charge is 2.25. The summed E-state index contributed by atoms with van der Waals surface area (Å²) in [6.45, 7) is 0. The summed E-state index contributed by atoms with van der Waals surface area (Å²) in [5.74, 6) is -0.573. The molecular weight excluding hydrogens is 337 g/mol. The summed E-state index contributed by atoms with van der Waals surface area (Å²) >= 11 is 3.10. The second-order valence-corrected chi connectivity index (χ2v) is 6.07. The first-order valence-electron chi connectivity index (χ1n) is 6.83. The number of carbonyl (C=O) groups is 1. The van der Waals surface area contributed by atoms with Crippen LogP contribution in [0.2, 0.25) is 0 Å². The number of fused-ring (bicyclic) bond motifs is 1. The van der Waals surface area contributed by atoms with Gasteiger partial charge in [0.25, 0.3) is 5.91 Å². The molecule has 0 saturated carbocycles. The Kier molecular flexibility index (Phi) is 3.80. The largest absolute Gasteiger partial charge is 0.345 e. The molecule has 0 spiro atoms. The van der Waals surface area contributed by atoms with Crippen molar-refractivity contribution in [1.82, 2.24) is 15.1 Å². The van der Waals surface area contributed by atoms with E-state index < -0.39 is 0 Å². The normalized spacial score (nSPS) is 17.4. The molecule has 0 saturated heterocycles. The van der Waals surface area contributed by atoms with E-state index in [0.29, 0.717) is 10.0 Å². The zero-order chi connectivity index (χ0) is 15.0. The van der Waals surface area contributed by atoms with Crippen LogP contribution in [0.25, 0.3) is 0 Å². The molecule has 21 heavy (non-hydrogen) atoms. The van der Waals surface area contributed by atoms with Gasteiger partial charge in [0, 0.05) is 23.9 Å². The minimum atomic E-state index is -0.376. The summed E-state index contributed by atoms with van der Waals surface area (Å²) in [5.41, 5.74) is 2.70. The van der Waals surface area contributed by atoms with Gasteiger partial charge in [-0.05, 0) is 53.4 Å². The molecule has 1 amide bonds. The van der Waals surface area contributed by atoms with Crippen molar-refractivity contribution < 1.29 is 9.18 Å². The number of amides is 1. The maximum atomic E-state index is 13.2. The van der Waals surface area contributed by atoms with Crippen molar-refractivity contribution in [3.63, 3.8) is 0 Å². The minimum Gasteiger partial charge on any atom is -0.345 e. The van der Waals surface area contributed by atoms with Gasteiger partial charge in [-0.1, -0.05) is 0 Å². The van der Waals surface area contributed by atoms with Gasteiger partial charge in [0.2, 0.25) is 0 Å². The van der Waals surface area contributed by atoms with Crippen LogP contribution in [-0.2, 0) is 13.5 Å². The quantitative estimate of drug-likeness (QED) is 0.903. The molecule has 1 aromatic carbocycles. The molecule has 1 atom stereocenters. The highest BCUT2D eigenvalue weighted by Crippen LogP contribution is 2.29. The lowest BCUT2D eigenvalue weighted by atomic mass is 9.93. The zero-order valence-corrected chi connectivity index (χ0v) is 13.2. The van der Waals surface area contributed by atoms with E-state index in [1.807, 2.05) is 17.9 Å². The molecule has 1 heterocycles. The fourth-order valence-corrected chi connectivity index (χ4v) is 3.11. The number of hydrogen-bond donors (Lipinski definition) is 1. The van der Waals surface area contributed by atoms with Crippen LogP contribution in [-0.4, -0.2) is 15.7 Å². The van der Waals surface area contributed by atoms with Crippen molar-refractivity contribution in [1.29, 1.82) is 0 Å². The Morgan fingerprint density at radius 1 is 1.52 bits per heavy atom. The van der Waals surface area contributed by atoms with Gasteiger partial charge in [-0.15, -0.1) is 0 Å². The third-order valence-corrected chi connectivity index (χ3v) is 4.47. The number of benzene rings is 1. The molecule has 6 heteroatoms. The van der Waals surface area contributed by atoms with E-state index in [1.165, 1.54) is 23.9 Å². The van der Waals surface area contributed by atoms with E-state index in [0.717, 1.165) is 24.8 Å². The lowest BCUT2D eigenvalue weighted by Gasteiger charge is -2.23. The Balaban J connectivity index is 1.81. The van der Waals surface area contributed by atoms with Crippen LogP contribution in [0.4, 0.5) is 4.39 Å². The topological polar surface area (TPSA) is 46.9 Å². The molecule has 1 aliphatic carbocycles. The third-order valence-electron chi connectivity index (χ3n) is 3.86. The van der Waals surface area contributed by atoms with E-state index in [9.17, 15) is 9.18 Å². The fourth-order valence-electron chi connectivity index (χ4n) is 2.74. The van der Waals surface area contributed by atoms with Crippen LogP contribution < -0.4 is 5.32 Å². The average molecular weight is 352 g/mol. The summed E-state index contributed by atoms with van der Waals surface area (Å²) in [4.78, 5) is 12.3. The smallest absolute Gasteiger partial charge is 0.251 e. The maximum Gasteiger partial charge on any atom is 0.251 e. The molecule has 4 nitrogen and oxygen atoms in total. The Labute approximate surface area is 130 Å². The van der Waals surface area contributed by atoms with Gasteiger partial charge in [0.15, 0.2) is 0 Å². The highest BCUT2D eigenvalue weighted by atomic mass is 79.9. The number of carbonyl (C=O) groups excluding carboxylic acids is 1. The van der Waals surface area contributed by atoms with Crippen molar-refractivity contribution in [2.75, 3.05) is 0 Å². The number of nitrogens with zero attached hydrogens (tertiary/aromatic N) is 2. The van der Waals surface area contributed by atoms with Gasteiger partial charge >= 0.3 is 0 Å². The van der Waals surface area contributed by atoms with E-state index >= 15 is 0 Å². The van der Waals surface area contributed by atoms with Crippen LogP contribution in [0.1, 0.15) is 40.5 Å². The predicted molar refractivity (Wildman–Crippen MR) is 80.5 cm³/mol. The second kappa shape index (κ2) is 5.60. The standard InChI is InChI=1S/C15H15BrFN3O/c1-20-14-4-2-3-13(10(14)8-18-20)19-15(21)9-5-6-12(17)11(16)7-9/h5-8,13H,2-4H2,1H3,(H,19,21). The van der Waals surface area contributed by atoms with Gasteiger partial charge in [-0.3, -0.25) is 9.48 Å². The molecule has 0 bridgehead atoms. The molecular formula is C15H15BrFN3O. The highest BCUT2D eigenvalue weighted by molar-refractivity contribution is 9.10. The van der Waals surface area contributed by atoms with Gasteiger partial charge in [0.1, 0.15) is 5.82 Å². The van der Waals surface area contributed by atoms with Crippen LogP contribution in [0.15, 0.2) is 28.9 Å². The summed E-state index contributed by atoms with van der Waals surface area (Å²) in [7, 11) is 1.92. The molecule has 2 aromatic rings. The lowest BCUT2D eigenvalue weighted by molar-refractivity contribution is 0.0932. The number of hydrogen-bond acceptors (Lipinski definition) is 2. The first kappa shape index (κ1) is 14.3. The molecule has 0 aliphatic heterocycles. The number of halogens is 2. The summed E-state index contributed by atoms with van der Waals surface area (Å²) in [6, 6.07) is 4.24. The summed E-state index contributed by atoms with van der Waals surface area (Å²) in [5, 5.41) is 7.28. The van der Waals surface area contributed by atoms with Crippen molar-refractivity contribution in [3.05, 3.63) is 51.5 Å². The number of rotatable bonds is 2. The van der Waals surface area contributed by atoms with Gasteiger partial charge in [-0.2, -0.15) is 5.10 Å². The first-order chi connectivity index (χ1) is 10.1. The molecule has 0 fully saturated rings. The minimum absolute atomic E-state index is 0.0289. The fraction of sp³-hybridized carbons (Fsp3) is 0.333. The Hall–Kier alpha value is -1.69. The van der Waals surface area contributed by atoms with Crippen LogP contribution in [0.3, 0.4) is 0 Å². The molecule has 1 aliphatic rings. The molecule has 1 unspecified atom stereocenters. The molecule has 110 valence electrons. The average Bonchev–Trinajstić information content (AvgIpc) is 2.85. The van der Waals surface area contributed by atoms with Crippen molar-refractivity contribution in [2.45, 2.75) is 25.3 Å². The van der Waals surface area contributed by atoms with Gasteiger partial charge in [0.05, 0.1) is 16.7 Å². The molecule has 1 N–H and O–H groups in total. The monoisotopic (exact) mass is 351 g/mol. The summed E-state index contributed by atoms with van der Waals surface area (Å²) < 4.78 is 15.4. The van der Waals surface area contributed by atoms with E-state index in [2.05, 4.69) is 26.3 Å².